The average Bonchev–Trinajstić information content (AvgIpc) is 2.83. The number of benzene rings is 1. The van der Waals surface area contributed by atoms with Crippen LogP contribution in [0.5, 0.6) is 0 Å². The highest BCUT2D eigenvalue weighted by molar-refractivity contribution is 9.10. The molecule has 1 aromatic heterocycles. The van der Waals surface area contributed by atoms with Gasteiger partial charge in [-0.3, -0.25) is 0 Å². The van der Waals surface area contributed by atoms with Crippen molar-refractivity contribution in [2.24, 2.45) is 0 Å². The number of hydrogen-bond acceptors (Lipinski definition) is 3. The summed E-state index contributed by atoms with van der Waals surface area (Å²) >= 11 is 10.6. The van der Waals surface area contributed by atoms with Crippen molar-refractivity contribution in [2.75, 3.05) is 0 Å². The fourth-order valence-electron chi connectivity index (χ4n) is 1.30. The first kappa shape index (κ1) is 14.0. The van der Waals surface area contributed by atoms with Crippen LogP contribution in [0.1, 0.15) is 5.56 Å². The fraction of sp³-hybridized carbons (Fsp3) is 0.0909. The van der Waals surface area contributed by atoms with Crippen LogP contribution < -0.4 is 4.72 Å². The van der Waals surface area contributed by atoms with Crippen molar-refractivity contribution >= 4 is 48.9 Å². The van der Waals surface area contributed by atoms with Crippen LogP contribution in [0, 0.1) is 0 Å². The highest BCUT2D eigenvalue weighted by atomic mass is 79.9. The summed E-state index contributed by atoms with van der Waals surface area (Å²) < 4.78 is 27.1. The van der Waals surface area contributed by atoms with Gasteiger partial charge in [-0.1, -0.05) is 11.6 Å². The van der Waals surface area contributed by atoms with E-state index in [1.165, 1.54) is 23.5 Å². The minimum Gasteiger partial charge on any atom is -0.207 e. The number of halogens is 2. The molecule has 1 N–H and O–H groups in total. The molecule has 0 aliphatic heterocycles. The minimum absolute atomic E-state index is 0.189. The third kappa shape index (κ3) is 3.33. The SMILES string of the molecule is O=S(=O)(NCc1ccsc1)c1ccc(Cl)c(Br)c1. The predicted molar refractivity (Wildman–Crippen MR) is 77.5 cm³/mol. The second kappa shape index (κ2) is 5.71. The van der Waals surface area contributed by atoms with Crippen LogP contribution in [0.25, 0.3) is 0 Å². The Labute approximate surface area is 123 Å². The van der Waals surface area contributed by atoms with E-state index in [1.807, 2.05) is 16.8 Å². The molecule has 7 heteroatoms. The van der Waals surface area contributed by atoms with Crippen LogP contribution >= 0.6 is 38.9 Å². The van der Waals surface area contributed by atoms with Gasteiger partial charge >= 0.3 is 0 Å². The average molecular weight is 367 g/mol. The molecule has 96 valence electrons. The molecule has 0 atom stereocenters. The number of thiophene rings is 1. The number of hydrogen-bond donors (Lipinski definition) is 1. The smallest absolute Gasteiger partial charge is 0.207 e. The molecule has 0 aliphatic rings. The van der Waals surface area contributed by atoms with E-state index in [-0.39, 0.29) is 11.4 Å². The molecule has 2 rings (SSSR count). The summed E-state index contributed by atoms with van der Waals surface area (Å²) in [5.74, 6) is 0. The molecule has 0 unspecified atom stereocenters. The first-order valence-electron chi connectivity index (χ1n) is 4.95. The van der Waals surface area contributed by atoms with Crippen LogP contribution in [-0.2, 0) is 16.6 Å². The molecule has 2 aromatic rings. The molecule has 0 saturated carbocycles. The highest BCUT2D eigenvalue weighted by Gasteiger charge is 2.14. The summed E-state index contributed by atoms with van der Waals surface area (Å²) in [7, 11) is -3.51. The lowest BCUT2D eigenvalue weighted by Crippen LogP contribution is -2.22. The van der Waals surface area contributed by atoms with E-state index in [9.17, 15) is 8.42 Å². The number of rotatable bonds is 4. The van der Waals surface area contributed by atoms with Crippen molar-refractivity contribution in [1.29, 1.82) is 0 Å². The molecule has 0 radical (unpaired) electrons. The first-order chi connectivity index (χ1) is 8.49. The largest absolute Gasteiger partial charge is 0.240 e. The molecule has 0 bridgehead atoms. The maximum Gasteiger partial charge on any atom is 0.240 e. The van der Waals surface area contributed by atoms with Crippen molar-refractivity contribution in [3.8, 4) is 0 Å². The van der Waals surface area contributed by atoms with Gasteiger partial charge in [-0.15, -0.1) is 0 Å². The van der Waals surface area contributed by atoms with Crippen LogP contribution in [-0.4, -0.2) is 8.42 Å². The number of nitrogens with one attached hydrogen (secondary N) is 1. The summed E-state index contributed by atoms with van der Waals surface area (Å²) in [6.07, 6.45) is 0. The highest BCUT2D eigenvalue weighted by Crippen LogP contribution is 2.25. The molecule has 18 heavy (non-hydrogen) atoms. The Morgan fingerprint density at radius 1 is 1.33 bits per heavy atom. The molecule has 1 aromatic carbocycles. The minimum atomic E-state index is -3.51. The van der Waals surface area contributed by atoms with E-state index in [2.05, 4.69) is 20.7 Å². The summed E-state index contributed by atoms with van der Waals surface area (Å²) in [5.41, 5.74) is 0.941. The summed E-state index contributed by atoms with van der Waals surface area (Å²) in [6.45, 7) is 0.284. The van der Waals surface area contributed by atoms with Gasteiger partial charge in [0, 0.05) is 11.0 Å². The number of sulfonamides is 1. The Morgan fingerprint density at radius 3 is 2.72 bits per heavy atom. The zero-order valence-electron chi connectivity index (χ0n) is 9.06. The Morgan fingerprint density at radius 2 is 2.11 bits per heavy atom. The normalized spacial score (nSPS) is 11.7. The standard InChI is InChI=1S/C11H9BrClNO2S2/c12-10-5-9(1-2-11(10)13)18(15,16)14-6-8-3-4-17-7-8/h1-5,7,14H,6H2. The summed E-state index contributed by atoms with van der Waals surface area (Å²) in [4.78, 5) is 0.189. The summed E-state index contributed by atoms with van der Waals surface area (Å²) in [6, 6.07) is 6.39. The van der Waals surface area contributed by atoms with Crippen LogP contribution in [0.3, 0.4) is 0 Å². The molecule has 1 heterocycles. The quantitative estimate of drug-likeness (QED) is 0.898. The van der Waals surface area contributed by atoms with Crippen molar-refractivity contribution in [3.63, 3.8) is 0 Å². The van der Waals surface area contributed by atoms with Crippen LogP contribution in [0.2, 0.25) is 5.02 Å². The van der Waals surface area contributed by atoms with Crippen molar-refractivity contribution in [1.82, 2.24) is 4.72 Å². The van der Waals surface area contributed by atoms with E-state index in [1.54, 1.807) is 6.07 Å². The van der Waals surface area contributed by atoms with E-state index in [0.717, 1.165) is 5.56 Å². The first-order valence-corrected chi connectivity index (χ1v) is 8.54. The zero-order chi connectivity index (χ0) is 13.2. The molecular weight excluding hydrogens is 358 g/mol. The van der Waals surface area contributed by atoms with Crippen molar-refractivity contribution in [2.45, 2.75) is 11.4 Å². The predicted octanol–water partition coefficient (Wildman–Crippen LogP) is 3.64. The van der Waals surface area contributed by atoms with Gasteiger partial charge in [0.1, 0.15) is 0 Å². The molecular formula is C11H9BrClNO2S2. The lowest BCUT2D eigenvalue weighted by Gasteiger charge is -2.06. The lowest BCUT2D eigenvalue weighted by atomic mass is 10.4. The second-order valence-corrected chi connectivity index (χ2v) is 7.34. The molecule has 0 saturated heterocycles. The Hall–Kier alpha value is -0.400. The van der Waals surface area contributed by atoms with Gasteiger partial charge in [-0.2, -0.15) is 11.3 Å². The molecule has 0 aliphatic carbocycles. The molecule has 3 nitrogen and oxygen atoms in total. The van der Waals surface area contributed by atoms with Crippen LogP contribution in [0.4, 0.5) is 0 Å². The maximum atomic E-state index is 12.0. The molecule has 0 spiro atoms. The zero-order valence-corrected chi connectivity index (χ0v) is 13.0. The Balaban J connectivity index is 2.17. The Kier molecular flexibility index (Phi) is 4.45. The van der Waals surface area contributed by atoms with Gasteiger partial charge < -0.3 is 0 Å². The second-order valence-electron chi connectivity index (χ2n) is 3.53. The monoisotopic (exact) mass is 365 g/mol. The third-order valence-electron chi connectivity index (χ3n) is 2.25. The van der Waals surface area contributed by atoms with E-state index < -0.39 is 10.0 Å². The van der Waals surface area contributed by atoms with E-state index >= 15 is 0 Å². The summed E-state index contributed by atoms with van der Waals surface area (Å²) in [5, 5.41) is 4.29. The fourth-order valence-corrected chi connectivity index (χ4v) is 3.66. The van der Waals surface area contributed by atoms with E-state index in [0.29, 0.717) is 9.50 Å². The van der Waals surface area contributed by atoms with Gasteiger partial charge in [0.15, 0.2) is 0 Å². The van der Waals surface area contributed by atoms with Gasteiger partial charge in [0.2, 0.25) is 10.0 Å². The molecule has 0 fully saturated rings. The maximum absolute atomic E-state index is 12.0. The lowest BCUT2D eigenvalue weighted by molar-refractivity contribution is 0.581. The van der Waals surface area contributed by atoms with E-state index in [4.69, 9.17) is 11.6 Å². The van der Waals surface area contributed by atoms with Gasteiger partial charge in [0.05, 0.1) is 9.92 Å². The van der Waals surface area contributed by atoms with Crippen molar-refractivity contribution in [3.05, 3.63) is 50.1 Å². The van der Waals surface area contributed by atoms with Gasteiger partial charge in [-0.25, -0.2) is 13.1 Å². The third-order valence-corrected chi connectivity index (χ3v) is 5.59. The molecule has 0 amide bonds. The van der Waals surface area contributed by atoms with Gasteiger partial charge in [0.25, 0.3) is 0 Å². The van der Waals surface area contributed by atoms with Crippen molar-refractivity contribution < 1.29 is 8.42 Å². The van der Waals surface area contributed by atoms with Crippen LogP contribution in [0.15, 0.2) is 44.4 Å². The topological polar surface area (TPSA) is 46.2 Å². The Bertz CT molecular complexity index is 641. The van der Waals surface area contributed by atoms with Gasteiger partial charge in [-0.05, 0) is 56.5 Å².